The lowest BCUT2D eigenvalue weighted by Gasteiger charge is -2.32. The standard InChI is InChI=1S/C17H24N2O/c1-13-9-14(2)11-16(10-13)19-12-15-3-5-17(6-4-15)20-8-7-18/h3-6,13-14,16,19H,8-12H2,1-2H3. The monoisotopic (exact) mass is 272 g/mol. The molecule has 0 heterocycles. The minimum Gasteiger partial charge on any atom is -0.479 e. The average molecular weight is 272 g/mol. The summed E-state index contributed by atoms with van der Waals surface area (Å²) in [5.41, 5.74) is 1.26. The van der Waals surface area contributed by atoms with E-state index in [1.165, 1.54) is 24.8 Å². The maximum absolute atomic E-state index is 8.47. The Hall–Kier alpha value is -1.53. The van der Waals surface area contributed by atoms with Gasteiger partial charge in [-0.2, -0.15) is 5.26 Å². The molecule has 0 radical (unpaired) electrons. The number of rotatable bonds is 5. The van der Waals surface area contributed by atoms with Gasteiger partial charge in [0, 0.05) is 12.6 Å². The Morgan fingerprint density at radius 2 is 1.80 bits per heavy atom. The van der Waals surface area contributed by atoms with Crippen LogP contribution in [0.5, 0.6) is 5.75 Å². The topological polar surface area (TPSA) is 45.0 Å². The van der Waals surface area contributed by atoms with Crippen LogP contribution in [-0.2, 0) is 6.54 Å². The van der Waals surface area contributed by atoms with Crippen LogP contribution in [0.1, 0.15) is 38.7 Å². The van der Waals surface area contributed by atoms with E-state index in [0.29, 0.717) is 6.04 Å². The third-order valence-electron chi connectivity index (χ3n) is 4.00. The molecule has 0 bridgehead atoms. The molecule has 3 nitrogen and oxygen atoms in total. The van der Waals surface area contributed by atoms with Crippen molar-refractivity contribution in [2.45, 2.75) is 45.7 Å². The molecule has 1 aliphatic rings. The number of nitriles is 1. The highest BCUT2D eigenvalue weighted by atomic mass is 16.5. The van der Waals surface area contributed by atoms with Crippen molar-refractivity contribution in [2.24, 2.45) is 11.8 Å². The molecule has 1 aliphatic carbocycles. The Morgan fingerprint density at radius 3 is 2.40 bits per heavy atom. The second-order valence-corrected chi connectivity index (χ2v) is 6.09. The van der Waals surface area contributed by atoms with Crippen LogP contribution in [0.25, 0.3) is 0 Å². The van der Waals surface area contributed by atoms with Crippen LogP contribution in [0.15, 0.2) is 24.3 Å². The van der Waals surface area contributed by atoms with Gasteiger partial charge in [-0.1, -0.05) is 26.0 Å². The second-order valence-electron chi connectivity index (χ2n) is 6.09. The lowest BCUT2D eigenvalue weighted by atomic mass is 9.80. The van der Waals surface area contributed by atoms with Crippen LogP contribution < -0.4 is 10.1 Å². The van der Waals surface area contributed by atoms with Gasteiger partial charge >= 0.3 is 0 Å². The Morgan fingerprint density at radius 1 is 1.15 bits per heavy atom. The molecule has 0 aliphatic heterocycles. The molecular formula is C17H24N2O. The summed E-state index contributed by atoms with van der Waals surface area (Å²) in [4.78, 5) is 0. The Kier molecular flexibility index (Phi) is 5.43. The molecule has 108 valence electrons. The van der Waals surface area contributed by atoms with Gasteiger partial charge in [0.05, 0.1) is 0 Å². The first kappa shape index (κ1) is 14.9. The molecule has 2 atom stereocenters. The van der Waals surface area contributed by atoms with Crippen molar-refractivity contribution in [1.82, 2.24) is 5.32 Å². The molecule has 3 heteroatoms. The van der Waals surface area contributed by atoms with Gasteiger partial charge in [0.25, 0.3) is 0 Å². The van der Waals surface area contributed by atoms with Crippen molar-refractivity contribution in [3.63, 3.8) is 0 Å². The first-order valence-corrected chi connectivity index (χ1v) is 7.49. The molecule has 0 saturated heterocycles. The molecule has 1 fully saturated rings. The van der Waals surface area contributed by atoms with Gasteiger partial charge in [-0.15, -0.1) is 0 Å². The highest BCUT2D eigenvalue weighted by Gasteiger charge is 2.23. The second kappa shape index (κ2) is 7.31. The normalized spacial score (nSPS) is 25.9. The summed E-state index contributed by atoms with van der Waals surface area (Å²) >= 11 is 0. The van der Waals surface area contributed by atoms with E-state index in [0.717, 1.165) is 24.1 Å². The van der Waals surface area contributed by atoms with E-state index < -0.39 is 0 Å². The van der Waals surface area contributed by atoms with Crippen molar-refractivity contribution < 1.29 is 4.74 Å². The van der Waals surface area contributed by atoms with E-state index in [4.69, 9.17) is 10.00 Å². The number of nitrogens with zero attached hydrogens (tertiary/aromatic N) is 1. The lowest BCUT2D eigenvalue weighted by molar-refractivity contribution is 0.238. The fourth-order valence-corrected chi connectivity index (χ4v) is 3.19. The highest BCUT2D eigenvalue weighted by Crippen LogP contribution is 2.28. The van der Waals surface area contributed by atoms with Crippen LogP contribution in [0.2, 0.25) is 0 Å². The number of nitrogens with one attached hydrogen (secondary N) is 1. The minimum absolute atomic E-state index is 0.107. The molecule has 0 spiro atoms. The molecule has 2 rings (SSSR count). The molecule has 2 unspecified atom stereocenters. The summed E-state index contributed by atoms with van der Waals surface area (Å²) in [6.07, 6.45) is 3.94. The smallest absolute Gasteiger partial charge is 0.174 e. The van der Waals surface area contributed by atoms with E-state index in [-0.39, 0.29) is 6.61 Å². The molecule has 0 amide bonds. The quantitative estimate of drug-likeness (QED) is 0.892. The van der Waals surface area contributed by atoms with Gasteiger partial charge in [-0.3, -0.25) is 0 Å². The predicted octanol–water partition coefficient (Wildman–Crippen LogP) is 3.50. The van der Waals surface area contributed by atoms with Crippen LogP contribution in [0, 0.1) is 23.2 Å². The summed E-state index contributed by atoms with van der Waals surface area (Å²) in [6, 6.07) is 10.6. The maximum Gasteiger partial charge on any atom is 0.174 e. The number of ether oxygens (including phenoxy) is 1. The van der Waals surface area contributed by atoms with Crippen molar-refractivity contribution in [2.75, 3.05) is 6.61 Å². The lowest BCUT2D eigenvalue weighted by Crippen LogP contribution is -2.35. The van der Waals surface area contributed by atoms with Crippen molar-refractivity contribution >= 4 is 0 Å². The van der Waals surface area contributed by atoms with Gasteiger partial charge in [0.1, 0.15) is 11.8 Å². The van der Waals surface area contributed by atoms with Crippen LogP contribution in [-0.4, -0.2) is 12.6 Å². The first-order valence-electron chi connectivity index (χ1n) is 7.49. The minimum atomic E-state index is 0.107. The zero-order valence-electron chi connectivity index (χ0n) is 12.4. The Balaban J connectivity index is 1.80. The van der Waals surface area contributed by atoms with Crippen LogP contribution in [0.3, 0.4) is 0 Å². The van der Waals surface area contributed by atoms with Gasteiger partial charge in [-0.25, -0.2) is 0 Å². The van der Waals surface area contributed by atoms with E-state index in [1.807, 2.05) is 18.2 Å². The van der Waals surface area contributed by atoms with Crippen LogP contribution >= 0.6 is 0 Å². The Labute approximate surface area is 121 Å². The summed E-state index contributed by atoms with van der Waals surface area (Å²) in [5, 5.41) is 12.1. The van der Waals surface area contributed by atoms with Gasteiger partial charge in [0.2, 0.25) is 0 Å². The van der Waals surface area contributed by atoms with Gasteiger partial charge in [-0.05, 0) is 48.8 Å². The first-order chi connectivity index (χ1) is 9.67. The van der Waals surface area contributed by atoms with Gasteiger partial charge in [0.15, 0.2) is 6.61 Å². The fourth-order valence-electron chi connectivity index (χ4n) is 3.19. The largest absolute Gasteiger partial charge is 0.479 e. The number of hydrogen-bond donors (Lipinski definition) is 1. The number of hydrogen-bond acceptors (Lipinski definition) is 3. The molecule has 1 saturated carbocycles. The van der Waals surface area contributed by atoms with E-state index in [1.54, 1.807) is 0 Å². The molecule has 1 aromatic rings. The molecule has 1 N–H and O–H groups in total. The third kappa shape index (κ3) is 4.54. The highest BCUT2D eigenvalue weighted by molar-refractivity contribution is 5.27. The summed E-state index contributed by atoms with van der Waals surface area (Å²) in [7, 11) is 0. The van der Waals surface area contributed by atoms with Crippen molar-refractivity contribution in [1.29, 1.82) is 5.26 Å². The van der Waals surface area contributed by atoms with E-state index in [9.17, 15) is 0 Å². The molecule has 1 aromatic carbocycles. The third-order valence-corrected chi connectivity index (χ3v) is 4.00. The zero-order chi connectivity index (χ0) is 14.4. The van der Waals surface area contributed by atoms with Crippen molar-refractivity contribution in [3.8, 4) is 11.8 Å². The summed E-state index contributed by atoms with van der Waals surface area (Å²) < 4.78 is 5.25. The fraction of sp³-hybridized carbons (Fsp3) is 0.588. The number of benzene rings is 1. The molecular weight excluding hydrogens is 248 g/mol. The summed E-state index contributed by atoms with van der Waals surface area (Å²) in [5.74, 6) is 2.42. The predicted molar refractivity (Wildman–Crippen MR) is 80.4 cm³/mol. The van der Waals surface area contributed by atoms with Gasteiger partial charge < -0.3 is 10.1 Å². The SMILES string of the molecule is CC1CC(C)CC(NCc2ccc(OCC#N)cc2)C1. The van der Waals surface area contributed by atoms with Crippen LogP contribution in [0.4, 0.5) is 0 Å². The van der Waals surface area contributed by atoms with Crippen molar-refractivity contribution in [3.05, 3.63) is 29.8 Å². The maximum atomic E-state index is 8.47. The van der Waals surface area contributed by atoms with E-state index in [2.05, 4.69) is 31.3 Å². The summed E-state index contributed by atoms with van der Waals surface area (Å²) in [6.45, 7) is 5.72. The Bertz CT molecular complexity index is 439. The molecule has 20 heavy (non-hydrogen) atoms. The molecule has 0 aromatic heterocycles. The van der Waals surface area contributed by atoms with E-state index >= 15 is 0 Å². The average Bonchev–Trinajstić information content (AvgIpc) is 2.43. The zero-order valence-corrected chi connectivity index (χ0v) is 12.4.